The van der Waals surface area contributed by atoms with Gasteiger partial charge in [-0.25, -0.2) is 4.79 Å². The van der Waals surface area contributed by atoms with Gasteiger partial charge in [-0.2, -0.15) is 0 Å². The van der Waals surface area contributed by atoms with E-state index in [0.29, 0.717) is 5.69 Å². The maximum absolute atomic E-state index is 12.9. The number of hydrogen-bond donors (Lipinski definition) is 0. The van der Waals surface area contributed by atoms with Gasteiger partial charge in [-0.15, -0.1) is 0 Å². The molecule has 122 valence electrons. The molecule has 1 unspecified atom stereocenters. The molecule has 0 saturated carbocycles. The number of rotatable bonds is 4. The van der Waals surface area contributed by atoms with E-state index in [1.54, 1.807) is 32.0 Å². The fraction of sp³-hybridized carbons (Fsp3) is 0.438. The molecule has 0 bridgehead atoms. The Morgan fingerprint density at radius 1 is 1.17 bits per heavy atom. The highest BCUT2D eigenvalue weighted by Crippen LogP contribution is 2.53. The molecule has 1 atom stereocenters. The normalized spacial score (nSPS) is 21.4. The monoisotopic (exact) mass is 318 g/mol. The van der Waals surface area contributed by atoms with Crippen LogP contribution in [0.1, 0.15) is 19.4 Å². The standard InChI is InChI=1S/C16H18N2O5/c1-3-22-13(19)9-17-12-8-6-5-7-11(12)16(14(17)20)10-18(16)15(21)23-4-2/h5-8H,3-4,9-10H2,1-2H3. The van der Waals surface area contributed by atoms with Gasteiger partial charge >= 0.3 is 12.1 Å². The van der Waals surface area contributed by atoms with Crippen LogP contribution in [0.25, 0.3) is 0 Å². The van der Waals surface area contributed by atoms with Crippen LogP contribution in [0.5, 0.6) is 0 Å². The zero-order valence-corrected chi connectivity index (χ0v) is 13.1. The van der Waals surface area contributed by atoms with Gasteiger partial charge in [-0.3, -0.25) is 19.4 Å². The number of para-hydroxylation sites is 1. The summed E-state index contributed by atoms with van der Waals surface area (Å²) in [5.41, 5.74) is 0.328. The Labute approximate surface area is 133 Å². The minimum absolute atomic E-state index is 0.165. The van der Waals surface area contributed by atoms with Gasteiger partial charge in [0.05, 0.1) is 25.4 Å². The third-order valence-corrected chi connectivity index (χ3v) is 4.06. The molecule has 7 heteroatoms. The molecule has 0 aromatic heterocycles. The molecule has 23 heavy (non-hydrogen) atoms. The topological polar surface area (TPSA) is 75.9 Å². The van der Waals surface area contributed by atoms with Crippen LogP contribution in [0.15, 0.2) is 24.3 Å². The van der Waals surface area contributed by atoms with E-state index in [1.807, 2.05) is 6.07 Å². The predicted octanol–water partition coefficient (Wildman–Crippen LogP) is 1.26. The highest BCUT2D eigenvalue weighted by Gasteiger charge is 2.68. The Hall–Kier alpha value is -2.57. The Bertz CT molecular complexity index is 674. The van der Waals surface area contributed by atoms with Crippen LogP contribution in [-0.4, -0.2) is 49.2 Å². The number of carbonyl (C=O) groups excluding carboxylic acids is 3. The van der Waals surface area contributed by atoms with Crippen LogP contribution in [0.4, 0.5) is 10.5 Å². The Kier molecular flexibility index (Phi) is 3.71. The van der Waals surface area contributed by atoms with Crippen molar-refractivity contribution in [2.24, 2.45) is 0 Å². The van der Waals surface area contributed by atoms with Crippen LogP contribution in [0.2, 0.25) is 0 Å². The van der Waals surface area contributed by atoms with Gasteiger partial charge in [0.2, 0.25) is 0 Å². The molecule has 7 nitrogen and oxygen atoms in total. The first-order valence-corrected chi connectivity index (χ1v) is 7.57. The molecule has 3 rings (SSSR count). The van der Waals surface area contributed by atoms with Gasteiger partial charge in [0, 0.05) is 5.56 Å². The lowest BCUT2D eigenvalue weighted by atomic mass is 10.0. The molecule has 2 heterocycles. The molecule has 2 aliphatic heterocycles. The Morgan fingerprint density at radius 3 is 2.57 bits per heavy atom. The van der Waals surface area contributed by atoms with Crippen molar-refractivity contribution in [2.75, 3.05) is 31.2 Å². The first-order chi connectivity index (χ1) is 11.1. The number of hydrogen-bond acceptors (Lipinski definition) is 5. The molecule has 2 amide bonds. The van der Waals surface area contributed by atoms with E-state index in [2.05, 4.69) is 0 Å². The van der Waals surface area contributed by atoms with E-state index in [1.165, 1.54) is 9.80 Å². The average Bonchev–Trinajstić information content (AvgIpc) is 3.25. The van der Waals surface area contributed by atoms with Gasteiger partial charge in [-0.05, 0) is 19.9 Å². The van der Waals surface area contributed by atoms with Crippen LogP contribution >= 0.6 is 0 Å². The highest BCUT2D eigenvalue weighted by atomic mass is 16.6. The van der Waals surface area contributed by atoms with E-state index < -0.39 is 17.6 Å². The maximum Gasteiger partial charge on any atom is 0.411 e. The van der Waals surface area contributed by atoms with Crippen molar-refractivity contribution in [2.45, 2.75) is 19.4 Å². The van der Waals surface area contributed by atoms with E-state index in [4.69, 9.17) is 9.47 Å². The summed E-state index contributed by atoms with van der Waals surface area (Å²) < 4.78 is 9.93. The average molecular weight is 318 g/mol. The molecule has 1 spiro atoms. The second kappa shape index (κ2) is 5.57. The van der Waals surface area contributed by atoms with Crippen LogP contribution < -0.4 is 4.90 Å². The SMILES string of the molecule is CCOC(=O)CN1C(=O)C2(CN2C(=O)OCC)c2ccccc21. The van der Waals surface area contributed by atoms with Crippen molar-refractivity contribution in [3.8, 4) is 0 Å². The third-order valence-electron chi connectivity index (χ3n) is 4.06. The minimum atomic E-state index is -1.03. The summed E-state index contributed by atoms with van der Waals surface area (Å²) in [6.07, 6.45) is -0.520. The zero-order chi connectivity index (χ0) is 16.6. The lowest BCUT2D eigenvalue weighted by Crippen LogP contribution is -2.39. The van der Waals surface area contributed by atoms with Gasteiger partial charge in [-0.1, -0.05) is 18.2 Å². The number of esters is 1. The number of carbonyl (C=O) groups is 3. The smallest absolute Gasteiger partial charge is 0.411 e. The van der Waals surface area contributed by atoms with Crippen molar-refractivity contribution < 1.29 is 23.9 Å². The minimum Gasteiger partial charge on any atom is -0.465 e. The third kappa shape index (κ3) is 2.23. The van der Waals surface area contributed by atoms with Gasteiger partial charge in [0.25, 0.3) is 5.91 Å². The molecule has 0 radical (unpaired) electrons. The molecule has 2 aliphatic rings. The van der Waals surface area contributed by atoms with E-state index in [9.17, 15) is 14.4 Å². The summed E-state index contributed by atoms with van der Waals surface area (Å²) in [5, 5.41) is 0. The Balaban J connectivity index is 1.91. The summed E-state index contributed by atoms with van der Waals surface area (Å²) in [7, 11) is 0. The fourth-order valence-corrected chi connectivity index (χ4v) is 3.03. The van der Waals surface area contributed by atoms with Crippen molar-refractivity contribution in [3.05, 3.63) is 29.8 Å². The molecule has 0 aliphatic carbocycles. The van der Waals surface area contributed by atoms with Gasteiger partial charge in [0.15, 0.2) is 5.54 Å². The number of nitrogens with zero attached hydrogens (tertiary/aromatic N) is 2. The van der Waals surface area contributed by atoms with Crippen LogP contribution in [0, 0.1) is 0 Å². The van der Waals surface area contributed by atoms with Crippen LogP contribution in [-0.2, 0) is 24.6 Å². The number of anilines is 1. The van der Waals surface area contributed by atoms with Crippen molar-refractivity contribution in [3.63, 3.8) is 0 Å². The van der Waals surface area contributed by atoms with E-state index in [0.717, 1.165) is 5.56 Å². The molecule has 1 fully saturated rings. The molecule has 0 N–H and O–H groups in total. The number of amides is 2. The summed E-state index contributed by atoms with van der Waals surface area (Å²) in [6, 6.07) is 7.17. The summed E-state index contributed by atoms with van der Waals surface area (Å²) >= 11 is 0. The van der Waals surface area contributed by atoms with Crippen molar-refractivity contribution in [1.82, 2.24) is 4.90 Å². The number of fused-ring (bicyclic) bond motifs is 2. The number of ether oxygens (including phenoxy) is 2. The van der Waals surface area contributed by atoms with E-state index >= 15 is 0 Å². The number of benzene rings is 1. The van der Waals surface area contributed by atoms with Gasteiger partial charge in [0.1, 0.15) is 6.54 Å². The van der Waals surface area contributed by atoms with Gasteiger partial charge < -0.3 is 9.47 Å². The second-order valence-electron chi connectivity index (χ2n) is 5.36. The molecular weight excluding hydrogens is 300 g/mol. The molecule has 1 saturated heterocycles. The summed E-state index contributed by atoms with van der Waals surface area (Å²) in [4.78, 5) is 39.4. The lowest BCUT2D eigenvalue weighted by Gasteiger charge is -2.16. The van der Waals surface area contributed by atoms with Crippen molar-refractivity contribution >= 4 is 23.7 Å². The van der Waals surface area contributed by atoms with E-state index in [-0.39, 0.29) is 32.2 Å². The van der Waals surface area contributed by atoms with Crippen molar-refractivity contribution in [1.29, 1.82) is 0 Å². The predicted molar refractivity (Wildman–Crippen MR) is 80.8 cm³/mol. The fourth-order valence-electron chi connectivity index (χ4n) is 3.03. The molecular formula is C16H18N2O5. The quantitative estimate of drug-likeness (QED) is 0.617. The zero-order valence-electron chi connectivity index (χ0n) is 13.1. The molecule has 1 aromatic rings. The summed E-state index contributed by atoms with van der Waals surface area (Å²) in [5.74, 6) is -0.768. The first kappa shape index (κ1) is 15.3. The maximum atomic E-state index is 12.9. The first-order valence-electron chi connectivity index (χ1n) is 7.57. The largest absolute Gasteiger partial charge is 0.465 e. The lowest BCUT2D eigenvalue weighted by molar-refractivity contribution is -0.142. The molecule has 1 aromatic carbocycles. The highest BCUT2D eigenvalue weighted by molar-refractivity contribution is 6.13. The van der Waals surface area contributed by atoms with Crippen LogP contribution in [0.3, 0.4) is 0 Å². The second-order valence-corrected chi connectivity index (χ2v) is 5.36. The summed E-state index contributed by atoms with van der Waals surface area (Å²) in [6.45, 7) is 4.02. The Morgan fingerprint density at radius 2 is 1.87 bits per heavy atom.